The molecule has 1 aromatic heterocycles. The van der Waals surface area contributed by atoms with Crippen LogP contribution in [0.15, 0.2) is 21.6 Å². The summed E-state index contributed by atoms with van der Waals surface area (Å²) in [6, 6.07) is 4.04. The van der Waals surface area contributed by atoms with Crippen LogP contribution in [0.2, 0.25) is 0 Å². The summed E-state index contributed by atoms with van der Waals surface area (Å²) >= 11 is 1.61. The maximum absolute atomic E-state index is 5.48. The highest BCUT2D eigenvalue weighted by atomic mass is 32.2. The summed E-state index contributed by atoms with van der Waals surface area (Å²) < 4.78 is 10.5. The molecule has 0 aliphatic rings. The molecule has 0 fully saturated rings. The van der Waals surface area contributed by atoms with Gasteiger partial charge in [0.25, 0.3) is 0 Å². The lowest BCUT2D eigenvalue weighted by atomic mass is 10.1. The van der Waals surface area contributed by atoms with Gasteiger partial charge in [0.2, 0.25) is 11.7 Å². The first kappa shape index (κ1) is 12.9. The van der Waals surface area contributed by atoms with E-state index in [1.807, 2.05) is 25.3 Å². The molecule has 0 radical (unpaired) electrons. The van der Waals surface area contributed by atoms with Gasteiger partial charge in [0.05, 0.1) is 19.2 Å². The van der Waals surface area contributed by atoms with Gasteiger partial charge in [-0.25, -0.2) is 0 Å². The molecule has 0 amide bonds. The quantitative estimate of drug-likeness (QED) is 0.854. The second-order valence-electron chi connectivity index (χ2n) is 3.71. The van der Waals surface area contributed by atoms with Crippen molar-refractivity contribution in [1.82, 2.24) is 10.1 Å². The molecule has 2 aromatic rings. The fraction of sp³-hybridized carbons (Fsp3) is 0.333. The number of methoxy groups -OCH3 is 1. The number of nitrogens with two attached hydrogens (primary N) is 1. The first-order valence-corrected chi connectivity index (χ1v) is 6.68. The predicted molar refractivity (Wildman–Crippen MR) is 70.7 cm³/mol. The van der Waals surface area contributed by atoms with Crippen LogP contribution in [0.4, 0.5) is 0 Å². The van der Waals surface area contributed by atoms with E-state index in [0.717, 1.165) is 21.8 Å². The number of benzene rings is 1. The van der Waals surface area contributed by atoms with Crippen LogP contribution in [0.25, 0.3) is 11.4 Å². The van der Waals surface area contributed by atoms with Crippen molar-refractivity contribution in [3.63, 3.8) is 0 Å². The maximum atomic E-state index is 5.48. The first-order chi connectivity index (χ1) is 8.71. The zero-order valence-electron chi connectivity index (χ0n) is 10.6. The predicted octanol–water partition coefficient (Wildman–Crippen LogP) is 2.23. The molecule has 18 heavy (non-hydrogen) atoms. The standard InChI is InChI=1S/C12H15N3O2S/c1-7-4-5-8(18-3)10(11(7)16-2)12-14-9(6-13)17-15-12/h4-5H,6,13H2,1-3H3. The Balaban J connectivity index is 2.63. The molecule has 0 aliphatic carbocycles. The van der Waals surface area contributed by atoms with Crippen LogP contribution in [0.1, 0.15) is 11.5 Å². The maximum Gasteiger partial charge on any atom is 0.240 e. The normalized spacial score (nSPS) is 10.7. The summed E-state index contributed by atoms with van der Waals surface area (Å²) in [5.74, 6) is 1.70. The molecule has 0 saturated heterocycles. The molecule has 0 atom stereocenters. The Kier molecular flexibility index (Phi) is 3.88. The molecule has 0 saturated carbocycles. The lowest BCUT2D eigenvalue weighted by molar-refractivity contribution is 0.379. The van der Waals surface area contributed by atoms with Gasteiger partial charge in [-0.3, -0.25) is 0 Å². The Morgan fingerprint density at radius 2 is 2.22 bits per heavy atom. The average Bonchev–Trinajstić information content (AvgIpc) is 2.86. The zero-order chi connectivity index (χ0) is 13.1. The molecule has 96 valence electrons. The molecule has 6 heteroatoms. The first-order valence-electron chi connectivity index (χ1n) is 5.45. The van der Waals surface area contributed by atoms with Crippen molar-refractivity contribution in [2.75, 3.05) is 13.4 Å². The number of ether oxygens (including phenoxy) is 1. The number of hydrogen-bond donors (Lipinski definition) is 1. The number of hydrogen-bond acceptors (Lipinski definition) is 6. The summed E-state index contributed by atoms with van der Waals surface area (Å²) in [6.07, 6.45) is 2.00. The van der Waals surface area contributed by atoms with Gasteiger partial charge in [0.1, 0.15) is 5.75 Å². The van der Waals surface area contributed by atoms with Gasteiger partial charge in [0.15, 0.2) is 0 Å². The highest BCUT2D eigenvalue weighted by Gasteiger charge is 2.18. The van der Waals surface area contributed by atoms with Crippen LogP contribution in [0.3, 0.4) is 0 Å². The fourth-order valence-corrected chi connectivity index (χ4v) is 2.35. The minimum absolute atomic E-state index is 0.232. The van der Waals surface area contributed by atoms with Crippen molar-refractivity contribution >= 4 is 11.8 Å². The van der Waals surface area contributed by atoms with Crippen molar-refractivity contribution in [3.05, 3.63) is 23.6 Å². The van der Waals surface area contributed by atoms with Crippen molar-refractivity contribution in [2.45, 2.75) is 18.4 Å². The van der Waals surface area contributed by atoms with Gasteiger partial charge in [-0.15, -0.1) is 11.8 Å². The number of aromatic nitrogens is 2. The van der Waals surface area contributed by atoms with E-state index in [4.69, 9.17) is 15.0 Å². The van der Waals surface area contributed by atoms with E-state index in [2.05, 4.69) is 10.1 Å². The summed E-state index contributed by atoms with van der Waals surface area (Å²) in [4.78, 5) is 5.30. The number of rotatable bonds is 4. The van der Waals surface area contributed by atoms with E-state index in [-0.39, 0.29) is 6.54 Å². The molecule has 2 N–H and O–H groups in total. The molecular formula is C12H15N3O2S. The van der Waals surface area contributed by atoms with Crippen LogP contribution in [-0.2, 0) is 6.54 Å². The van der Waals surface area contributed by atoms with E-state index in [1.165, 1.54) is 0 Å². The van der Waals surface area contributed by atoms with Crippen LogP contribution in [0, 0.1) is 6.92 Å². The molecule has 0 spiro atoms. The SMILES string of the molecule is COc1c(C)ccc(SC)c1-c1noc(CN)n1. The Bertz CT molecular complexity index is 554. The highest BCUT2D eigenvalue weighted by Crippen LogP contribution is 2.38. The van der Waals surface area contributed by atoms with Crippen LogP contribution >= 0.6 is 11.8 Å². The van der Waals surface area contributed by atoms with E-state index in [1.54, 1.807) is 18.9 Å². The van der Waals surface area contributed by atoms with Gasteiger partial charge >= 0.3 is 0 Å². The molecule has 0 unspecified atom stereocenters. The minimum atomic E-state index is 0.232. The van der Waals surface area contributed by atoms with Gasteiger partial charge in [-0.1, -0.05) is 11.2 Å². The van der Waals surface area contributed by atoms with E-state index < -0.39 is 0 Å². The van der Waals surface area contributed by atoms with E-state index >= 15 is 0 Å². The Labute approximate surface area is 110 Å². The molecule has 1 heterocycles. The highest BCUT2D eigenvalue weighted by molar-refractivity contribution is 7.98. The third kappa shape index (κ3) is 2.21. The zero-order valence-corrected chi connectivity index (χ0v) is 11.4. The van der Waals surface area contributed by atoms with Crippen LogP contribution in [-0.4, -0.2) is 23.5 Å². The van der Waals surface area contributed by atoms with Crippen molar-refractivity contribution in [1.29, 1.82) is 0 Å². The van der Waals surface area contributed by atoms with Gasteiger partial charge < -0.3 is 15.0 Å². The molecule has 2 rings (SSSR count). The van der Waals surface area contributed by atoms with E-state index in [0.29, 0.717) is 11.7 Å². The summed E-state index contributed by atoms with van der Waals surface area (Å²) in [5.41, 5.74) is 7.37. The Hall–Kier alpha value is -1.53. The molecule has 0 bridgehead atoms. The smallest absolute Gasteiger partial charge is 0.240 e. The van der Waals surface area contributed by atoms with Gasteiger partial charge in [-0.2, -0.15) is 4.98 Å². The van der Waals surface area contributed by atoms with Crippen molar-refractivity contribution < 1.29 is 9.26 Å². The third-order valence-corrected chi connectivity index (χ3v) is 3.39. The largest absolute Gasteiger partial charge is 0.496 e. The third-order valence-electron chi connectivity index (χ3n) is 2.61. The van der Waals surface area contributed by atoms with Crippen molar-refractivity contribution in [3.8, 4) is 17.1 Å². The van der Waals surface area contributed by atoms with Gasteiger partial charge in [-0.05, 0) is 24.8 Å². The number of thioether (sulfide) groups is 1. The lowest BCUT2D eigenvalue weighted by Crippen LogP contribution is -1.97. The molecule has 5 nitrogen and oxygen atoms in total. The summed E-state index contributed by atoms with van der Waals surface area (Å²) in [7, 11) is 1.64. The number of aryl methyl sites for hydroxylation is 1. The molecule has 0 aliphatic heterocycles. The summed E-state index contributed by atoms with van der Waals surface area (Å²) in [6.45, 7) is 2.21. The van der Waals surface area contributed by atoms with E-state index in [9.17, 15) is 0 Å². The Morgan fingerprint density at radius 3 is 2.78 bits per heavy atom. The lowest BCUT2D eigenvalue weighted by Gasteiger charge is -2.12. The van der Waals surface area contributed by atoms with Gasteiger partial charge in [0, 0.05) is 4.90 Å². The number of nitrogens with zero attached hydrogens (tertiary/aromatic N) is 2. The minimum Gasteiger partial charge on any atom is -0.496 e. The van der Waals surface area contributed by atoms with Crippen molar-refractivity contribution in [2.24, 2.45) is 5.73 Å². The second-order valence-corrected chi connectivity index (χ2v) is 4.56. The van der Waals surface area contributed by atoms with Crippen LogP contribution < -0.4 is 10.5 Å². The average molecular weight is 265 g/mol. The monoisotopic (exact) mass is 265 g/mol. The topological polar surface area (TPSA) is 74.2 Å². The van der Waals surface area contributed by atoms with Crippen LogP contribution in [0.5, 0.6) is 5.75 Å². The molecular weight excluding hydrogens is 250 g/mol. The second kappa shape index (κ2) is 5.41. The fourth-order valence-electron chi connectivity index (χ4n) is 1.75. The summed E-state index contributed by atoms with van der Waals surface area (Å²) in [5, 5.41) is 3.96. The Morgan fingerprint density at radius 1 is 1.44 bits per heavy atom. The molecule has 1 aromatic carbocycles.